The predicted molar refractivity (Wildman–Crippen MR) is 121 cm³/mol. The van der Waals surface area contributed by atoms with Crippen LogP contribution in [0.2, 0.25) is 0 Å². The number of piperidine rings is 1. The van der Waals surface area contributed by atoms with Crippen molar-refractivity contribution in [3.05, 3.63) is 65.5 Å². The maximum Gasteiger partial charge on any atom is 0.123 e. The van der Waals surface area contributed by atoms with Crippen LogP contribution in [0.1, 0.15) is 56.5 Å². The van der Waals surface area contributed by atoms with Gasteiger partial charge in [-0.25, -0.2) is 4.98 Å². The molecule has 1 aliphatic heterocycles. The summed E-state index contributed by atoms with van der Waals surface area (Å²) in [5, 5.41) is 3.66. The highest BCUT2D eigenvalue weighted by Gasteiger charge is 2.19. The van der Waals surface area contributed by atoms with Gasteiger partial charge in [0, 0.05) is 25.7 Å². The van der Waals surface area contributed by atoms with Gasteiger partial charge in [-0.15, -0.1) is 0 Å². The van der Waals surface area contributed by atoms with E-state index in [1.54, 1.807) is 0 Å². The zero-order chi connectivity index (χ0) is 20.1. The lowest BCUT2D eigenvalue weighted by molar-refractivity contribution is 0.152. The number of nitrogens with one attached hydrogen (secondary N) is 1. The molecule has 154 valence electrons. The van der Waals surface area contributed by atoms with Gasteiger partial charge in [-0.1, -0.05) is 49.7 Å². The minimum atomic E-state index is 0.693. The normalized spacial score (nSPS) is 17.8. The van der Waals surface area contributed by atoms with Crippen molar-refractivity contribution in [1.29, 1.82) is 0 Å². The SMILES string of the molecule is CCCn1c(CNCc2ccccc2CN2CCCCC2C)nc2ccccc21. The van der Waals surface area contributed by atoms with Gasteiger partial charge in [0.2, 0.25) is 0 Å². The van der Waals surface area contributed by atoms with Gasteiger partial charge in [-0.05, 0) is 56.0 Å². The van der Waals surface area contributed by atoms with Gasteiger partial charge >= 0.3 is 0 Å². The maximum absolute atomic E-state index is 4.88. The summed E-state index contributed by atoms with van der Waals surface area (Å²) < 4.78 is 2.36. The number of hydrogen-bond donors (Lipinski definition) is 1. The van der Waals surface area contributed by atoms with E-state index in [-0.39, 0.29) is 0 Å². The van der Waals surface area contributed by atoms with Crippen LogP contribution in [0.3, 0.4) is 0 Å². The van der Waals surface area contributed by atoms with Crippen molar-refractivity contribution in [3.63, 3.8) is 0 Å². The van der Waals surface area contributed by atoms with Gasteiger partial charge in [-0.2, -0.15) is 0 Å². The van der Waals surface area contributed by atoms with E-state index in [1.807, 2.05) is 0 Å². The third-order valence-corrected chi connectivity index (χ3v) is 6.21. The molecule has 0 bridgehead atoms. The van der Waals surface area contributed by atoms with Gasteiger partial charge < -0.3 is 9.88 Å². The minimum absolute atomic E-state index is 0.693. The summed E-state index contributed by atoms with van der Waals surface area (Å²) in [6.45, 7) is 9.58. The van der Waals surface area contributed by atoms with Gasteiger partial charge in [0.25, 0.3) is 0 Å². The highest BCUT2D eigenvalue weighted by molar-refractivity contribution is 5.75. The standard InChI is InChI=1S/C25H34N4/c1-3-15-29-24-14-7-6-13-23(24)27-25(29)18-26-17-21-11-4-5-12-22(21)19-28-16-9-8-10-20(28)2/h4-7,11-14,20,26H,3,8-10,15-19H2,1-2H3. The molecule has 3 aromatic rings. The molecule has 29 heavy (non-hydrogen) atoms. The first-order chi connectivity index (χ1) is 14.3. The Hall–Kier alpha value is -2.17. The number of benzene rings is 2. The first-order valence-corrected chi connectivity index (χ1v) is 11.2. The molecule has 2 aromatic carbocycles. The Morgan fingerprint density at radius 1 is 1.00 bits per heavy atom. The van der Waals surface area contributed by atoms with Crippen LogP contribution in [0.25, 0.3) is 11.0 Å². The zero-order valence-corrected chi connectivity index (χ0v) is 17.9. The van der Waals surface area contributed by atoms with E-state index < -0.39 is 0 Å². The van der Waals surface area contributed by atoms with Crippen LogP contribution < -0.4 is 5.32 Å². The number of aryl methyl sites for hydroxylation is 1. The fourth-order valence-electron chi connectivity index (χ4n) is 4.54. The minimum Gasteiger partial charge on any atom is -0.327 e. The third kappa shape index (κ3) is 4.71. The lowest BCUT2D eigenvalue weighted by Crippen LogP contribution is -2.37. The van der Waals surface area contributed by atoms with E-state index in [0.29, 0.717) is 6.04 Å². The zero-order valence-electron chi connectivity index (χ0n) is 17.9. The average Bonchev–Trinajstić information content (AvgIpc) is 3.09. The van der Waals surface area contributed by atoms with Crippen LogP contribution in [0.15, 0.2) is 48.5 Å². The fraction of sp³-hybridized carbons (Fsp3) is 0.480. The summed E-state index contributed by atoms with van der Waals surface area (Å²) >= 11 is 0. The molecule has 0 spiro atoms. The second kappa shape index (κ2) is 9.55. The Kier molecular flexibility index (Phi) is 6.63. The smallest absolute Gasteiger partial charge is 0.123 e. The van der Waals surface area contributed by atoms with Crippen molar-refractivity contribution in [3.8, 4) is 0 Å². The molecule has 1 atom stereocenters. The van der Waals surface area contributed by atoms with Crippen LogP contribution >= 0.6 is 0 Å². The molecule has 0 amide bonds. The van der Waals surface area contributed by atoms with Crippen LogP contribution in [-0.4, -0.2) is 27.0 Å². The van der Waals surface area contributed by atoms with E-state index in [1.165, 1.54) is 42.5 Å². The van der Waals surface area contributed by atoms with E-state index in [9.17, 15) is 0 Å². The molecular weight excluding hydrogens is 356 g/mol. The molecule has 0 radical (unpaired) electrons. The summed E-state index contributed by atoms with van der Waals surface area (Å²) in [4.78, 5) is 7.52. The molecule has 4 rings (SSSR count). The Labute approximate surface area is 174 Å². The number of nitrogens with zero attached hydrogens (tertiary/aromatic N) is 3. The highest BCUT2D eigenvalue weighted by Crippen LogP contribution is 2.21. The fourth-order valence-corrected chi connectivity index (χ4v) is 4.54. The molecule has 1 aromatic heterocycles. The number of fused-ring (bicyclic) bond motifs is 1. The Balaban J connectivity index is 1.44. The summed E-state index contributed by atoms with van der Waals surface area (Å²) in [5.41, 5.74) is 5.20. The van der Waals surface area contributed by atoms with Crippen LogP contribution in [0.4, 0.5) is 0 Å². The summed E-state index contributed by atoms with van der Waals surface area (Å²) in [6.07, 6.45) is 5.15. The van der Waals surface area contributed by atoms with Crippen molar-refractivity contribution < 1.29 is 0 Å². The first kappa shape index (κ1) is 20.1. The monoisotopic (exact) mass is 390 g/mol. The van der Waals surface area contributed by atoms with E-state index >= 15 is 0 Å². The largest absolute Gasteiger partial charge is 0.327 e. The topological polar surface area (TPSA) is 33.1 Å². The van der Waals surface area contributed by atoms with Crippen LogP contribution in [0, 0.1) is 0 Å². The lowest BCUT2D eigenvalue weighted by Gasteiger charge is -2.33. The Morgan fingerprint density at radius 3 is 2.62 bits per heavy atom. The molecule has 4 nitrogen and oxygen atoms in total. The van der Waals surface area contributed by atoms with E-state index in [4.69, 9.17) is 4.98 Å². The second-order valence-electron chi connectivity index (χ2n) is 8.36. The molecule has 1 unspecified atom stereocenters. The average molecular weight is 391 g/mol. The third-order valence-electron chi connectivity index (χ3n) is 6.21. The van der Waals surface area contributed by atoms with Crippen LogP contribution in [-0.2, 0) is 26.2 Å². The number of aromatic nitrogens is 2. The van der Waals surface area contributed by atoms with Gasteiger partial charge in [-0.3, -0.25) is 4.90 Å². The van der Waals surface area contributed by atoms with Gasteiger partial charge in [0.05, 0.1) is 17.6 Å². The number of likely N-dealkylation sites (tertiary alicyclic amines) is 1. The second-order valence-corrected chi connectivity index (χ2v) is 8.36. The Bertz CT molecular complexity index is 929. The molecule has 1 aliphatic rings. The molecule has 4 heteroatoms. The Morgan fingerprint density at radius 2 is 1.79 bits per heavy atom. The van der Waals surface area contributed by atoms with Crippen molar-refractivity contribution >= 4 is 11.0 Å². The predicted octanol–water partition coefficient (Wildman–Crippen LogP) is 5.11. The maximum atomic E-state index is 4.88. The number of imidazole rings is 1. The molecule has 1 N–H and O–H groups in total. The molecule has 1 fully saturated rings. The summed E-state index contributed by atoms with van der Waals surface area (Å²) in [5.74, 6) is 1.13. The van der Waals surface area contributed by atoms with Crippen molar-refractivity contribution in [2.75, 3.05) is 6.54 Å². The van der Waals surface area contributed by atoms with Crippen molar-refractivity contribution in [1.82, 2.24) is 19.8 Å². The molecule has 0 saturated carbocycles. The van der Waals surface area contributed by atoms with Crippen molar-refractivity contribution in [2.24, 2.45) is 0 Å². The summed E-state index contributed by atoms with van der Waals surface area (Å²) in [6, 6.07) is 18.1. The lowest BCUT2D eigenvalue weighted by atomic mass is 10.0. The highest BCUT2D eigenvalue weighted by atomic mass is 15.2. The van der Waals surface area contributed by atoms with Crippen molar-refractivity contribution in [2.45, 2.75) is 71.8 Å². The first-order valence-electron chi connectivity index (χ1n) is 11.2. The molecule has 1 saturated heterocycles. The van der Waals surface area contributed by atoms with Gasteiger partial charge in [0.1, 0.15) is 5.82 Å². The number of hydrogen-bond acceptors (Lipinski definition) is 3. The quantitative estimate of drug-likeness (QED) is 0.580. The van der Waals surface area contributed by atoms with Gasteiger partial charge in [0.15, 0.2) is 0 Å². The van der Waals surface area contributed by atoms with E-state index in [2.05, 4.69) is 77.2 Å². The number of para-hydroxylation sites is 2. The summed E-state index contributed by atoms with van der Waals surface area (Å²) in [7, 11) is 0. The number of rotatable bonds is 8. The molecule has 0 aliphatic carbocycles. The molecular formula is C25H34N4. The van der Waals surface area contributed by atoms with E-state index in [0.717, 1.165) is 43.9 Å². The molecule has 2 heterocycles. The van der Waals surface area contributed by atoms with Crippen LogP contribution in [0.5, 0.6) is 0 Å².